The number of hydrogen-bond acceptors (Lipinski definition) is 2. The molecule has 3 heteroatoms. The molecule has 0 radical (unpaired) electrons. The molecule has 0 saturated heterocycles. The van der Waals surface area contributed by atoms with E-state index in [1.54, 1.807) is 0 Å². The lowest BCUT2D eigenvalue weighted by molar-refractivity contribution is 0.121. The van der Waals surface area contributed by atoms with E-state index in [0.717, 1.165) is 21.7 Å². The molecule has 2 atom stereocenters. The van der Waals surface area contributed by atoms with Gasteiger partial charge in [0, 0.05) is 16.6 Å². The van der Waals surface area contributed by atoms with E-state index in [0.29, 0.717) is 12.6 Å². The van der Waals surface area contributed by atoms with E-state index in [2.05, 4.69) is 22.9 Å². The van der Waals surface area contributed by atoms with Gasteiger partial charge in [0.25, 0.3) is 0 Å². The van der Waals surface area contributed by atoms with Crippen molar-refractivity contribution in [1.82, 2.24) is 0 Å². The van der Waals surface area contributed by atoms with Crippen LogP contribution in [0.15, 0.2) is 22.7 Å². The summed E-state index contributed by atoms with van der Waals surface area (Å²) in [5.41, 5.74) is 6.88. The molecule has 0 aromatic heterocycles. The van der Waals surface area contributed by atoms with Gasteiger partial charge in [0.2, 0.25) is 0 Å². The molecular weight excluding hydrogens is 290 g/mol. The third-order valence-corrected chi connectivity index (χ3v) is 4.63. The molecule has 2 unspecified atom stereocenters. The van der Waals surface area contributed by atoms with Crippen molar-refractivity contribution in [3.63, 3.8) is 0 Å². The predicted molar refractivity (Wildman–Crippen MR) is 78.7 cm³/mol. The van der Waals surface area contributed by atoms with Crippen LogP contribution in [0.5, 0.6) is 5.75 Å². The third kappa shape index (κ3) is 3.27. The maximum atomic E-state index is 6.18. The first kappa shape index (κ1) is 13.9. The second-order valence-electron chi connectivity index (χ2n) is 5.10. The molecule has 1 aromatic carbocycles. The van der Waals surface area contributed by atoms with Gasteiger partial charge in [0.1, 0.15) is 5.75 Å². The van der Waals surface area contributed by atoms with Gasteiger partial charge in [-0.2, -0.15) is 0 Å². The fourth-order valence-corrected chi connectivity index (χ4v) is 3.26. The van der Waals surface area contributed by atoms with Gasteiger partial charge in [0.05, 0.1) is 6.10 Å². The molecule has 0 heterocycles. The second-order valence-corrected chi connectivity index (χ2v) is 5.96. The first-order chi connectivity index (χ1) is 8.74. The molecule has 1 fully saturated rings. The summed E-state index contributed by atoms with van der Waals surface area (Å²) < 4.78 is 7.23. The minimum absolute atomic E-state index is 0.364. The molecule has 0 aliphatic heterocycles. The fourth-order valence-electron chi connectivity index (χ4n) is 2.75. The first-order valence-electron chi connectivity index (χ1n) is 6.88. The zero-order valence-corrected chi connectivity index (χ0v) is 12.6. The minimum atomic E-state index is 0.364. The average molecular weight is 312 g/mol. The van der Waals surface area contributed by atoms with Crippen molar-refractivity contribution in [2.75, 3.05) is 0 Å². The summed E-state index contributed by atoms with van der Waals surface area (Å²) >= 11 is 3.54. The van der Waals surface area contributed by atoms with Crippen LogP contribution in [0.1, 0.15) is 44.6 Å². The van der Waals surface area contributed by atoms with Crippen LogP contribution in [0.25, 0.3) is 0 Å². The zero-order chi connectivity index (χ0) is 13.0. The van der Waals surface area contributed by atoms with Crippen molar-refractivity contribution < 1.29 is 4.74 Å². The molecule has 1 saturated carbocycles. The summed E-state index contributed by atoms with van der Waals surface area (Å²) in [5.74, 6) is 1.78. The minimum Gasteiger partial charge on any atom is -0.490 e. The predicted octanol–water partition coefficient (Wildman–Crippen LogP) is 4.26. The number of rotatable bonds is 4. The van der Waals surface area contributed by atoms with E-state index in [4.69, 9.17) is 10.5 Å². The molecule has 18 heavy (non-hydrogen) atoms. The Kier molecular flexibility index (Phi) is 5.07. The van der Waals surface area contributed by atoms with Crippen LogP contribution >= 0.6 is 15.9 Å². The Morgan fingerprint density at radius 1 is 1.39 bits per heavy atom. The molecule has 0 spiro atoms. The monoisotopic (exact) mass is 311 g/mol. The molecule has 2 nitrogen and oxygen atoms in total. The normalized spacial score (nSPS) is 23.9. The van der Waals surface area contributed by atoms with Gasteiger partial charge < -0.3 is 10.5 Å². The smallest absolute Gasteiger partial charge is 0.125 e. The SMILES string of the molecule is CCC1CCCC(Oc2cccc(Br)c2CN)C1. The van der Waals surface area contributed by atoms with Crippen LogP contribution in [0.2, 0.25) is 0 Å². The summed E-state index contributed by atoms with van der Waals surface area (Å²) in [6.45, 7) is 2.79. The Balaban J connectivity index is 2.07. The maximum absolute atomic E-state index is 6.18. The Labute approximate surface area is 118 Å². The van der Waals surface area contributed by atoms with Gasteiger partial charge in [-0.15, -0.1) is 0 Å². The van der Waals surface area contributed by atoms with Gasteiger partial charge in [-0.1, -0.05) is 41.8 Å². The van der Waals surface area contributed by atoms with E-state index in [1.165, 1.54) is 32.1 Å². The Bertz CT molecular complexity index is 394. The molecule has 100 valence electrons. The molecule has 2 rings (SSSR count). The van der Waals surface area contributed by atoms with Crippen LogP contribution in [0.4, 0.5) is 0 Å². The molecule has 1 aliphatic rings. The van der Waals surface area contributed by atoms with Gasteiger partial charge in [-0.05, 0) is 37.3 Å². The highest BCUT2D eigenvalue weighted by Gasteiger charge is 2.22. The number of hydrogen-bond donors (Lipinski definition) is 1. The number of halogens is 1. The maximum Gasteiger partial charge on any atom is 0.125 e. The quantitative estimate of drug-likeness (QED) is 0.902. The topological polar surface area (TPSA) is 35.2 Å². The van der Waals surface area contributed by atoms with Crippen LogP contribution in [-0.4, -0.2) is 6.10 Å². The van der Waals surface area contributed by atoms with E-state index in [1.807, 2.05) is 18.2 Å². The number of ether oxygens (including phenoxy) is 1. The summed E-state index contributed by atoms with van der Waals surface area (Å²) in [4.78, 5) is 0. The van der Waals surface area contributed by atoms with E-state index in [-0.39, 0.29) is 0 Å². The van der Waals surface area contributed by atoms with Crippen LogP contribution < -0.4 is 10.5 Å². The van der Waals surface area contributed by atoms with Crippen LogP contribution in [-0.2, 0) is 6.54 Å². The van der Waals surface area contributed by atoms with Crippen molar-refractivity contribution in [2.45, 2.75) is 51.7 Å². The lowest BCUT2D eigenvalue weighted by atomic mass is 9.85. The summed E-state index contributed by atoms with van der Waals surface area (Å²) in [5, 5.41) is 0. The number of nitrogens with two attached hydrogens (primary N) is 1. The summed E-state index contributed by atoms with van der Waals surface area (Å²) in [6.07, 6.45) is 6.64. The van der Waals surface area contributed by atoms with Crippen molar-refractivity contribution in [1.29, 1.82) is 0 Å². The lowest BCUT2D eigenvalue weighted by Crippen LogP contribution is -2.25. The Morgan fingerprint density at radius 2 is 2.22 bits per heavy atom. The first-order valence-corrected chi connectivity index (χ1v) is 7.68. The van der Waals surface area contributed by atoms with Gasteiger partial charge in [-0.25, -0.2) is 0 Å². The van der Waals surface area contributed by atoms with Crippen molar-refractivity contribution in [3.05, 3.63) is 28.2 Å². The van der Waals surface area contributed by atoms with Crippen LogP contribution in [0.3, 0.4) is 0 Å². The largest absolute Gasteiger partial charge is 0.490 e. The highest BCUT2D eigenvalue weighted by molar-refractivity contribution is 9.10. The van der Waals surface area contributed by atoms with Gasteiger partial charge >= 0.3 is 0 Å². The number of benzene rings is 1. The highest BCUT2D eigenvalue weighted by Crippen LogP contribution is 2.32. The van der Waals surface area contributed by atoms with E-state index >= 15 is 0 Å². The lowest BCUT2D eigenvalue weighted by Gasteiger charge is -2.29. The Hall–Kier alpha value is -0.540. The second kappa shape index (κ2) is 6.58. The standard InChI is InChI=1S/C15H22BrNO/c1-2-11-5-3-6-12(9-11)18-15-8-4-7-14(16)13(15)10-17/h4,7-8,11-12H,2-3,5-6,9-10,17H2,1H3. The molecule has 0 amide bonds. The molecule has 0 bridgehead atoms. The van der Waals surface area contributed by atoms with Crippen LogP contribution in [0, 0.1) is 5.92 Å². The van der Waals surface area contributed by atoms with Gasteiger partial charge in [0.15, 0.2) is 0 Å². The molecule has 1 aliphatic carbocycles. The Morgan fingerprint density at radius 3 is 2.94 bits per heavy atom. The van der Waals surface area contributed by atoms with E-state index < -0.39 is 0 Å². The molecule has 1 aromatic rings. The summed E-state index contributed by atoms with van der Waals surface area (Å²) in [6, 6.07) is 6.06. The van der Waals surface area contributed by atoms with Crippen molar-refractivity contribution >= 4 is 15.9 Å². The average Bonchev–Trinajstić information content (AvgIpc) is 2.39. The van der Waals surface area contributed by atoms with Crippen molar-refractivity contribution in [2.24, 2.45) is 11.7 Å². The highest BCUT2D eigenvalue weighted by atomic mass is 79.9. The van der Waals surface area contributed by atoms with E-state index in [9.17, 15) is 0 Å². The molecule has 2 N–H and O–H groups in total. The van der Waals surface area contributed by atoms with Gasteiger partial charge in [-0.3, -0.25) is 0 Å². The summed E-state index contributed by atoms with van der Waals surface area (Å²) in [7, 11) is 0. The zero-order valence-electron chi connectivity index (χ0n) is 11.0. The van der Waals surface area contributed by atoms with Crippen molar-refractivity contribution in [3.8, 4) is 5.75 Å². The molecular formula is C15H22BrNO. The fraction of sp³-hybridized carbons (Fsp3) is 0.600. The third-order valence-electron chi connectivity index (χ3n) is 3.89.